The van der Waals surface area contributed by atoms with Gasteiger partial charge in [-0.05, 0) is 38.4 Å². The fourth-order valence-electron chi connectivity index (χ4n) is 3.40. The first kappa shape index (κ1) is 18.9. The van der Waals surface area contributed by atoms with Crippen LogP contribution in [0.1, 0.15) is 36.7 Å². The highest BCUT2D eigenvalue weighted by Crippen LogP contribution is 2.30. The summed E-state index contributed by atoms with van der Waals surface area (Å²) >= 11 is 0. The number of H-pyrrole nitrogens is 1. The van der Waals surface area contributed by atoms with Crippen LogP contribution in [-0.2, 0) is 12.7 Å². The van der Waals surface area contributed by atoms with Crippen LogP contribution in [0.25, 0.3) is 11.4 Å². The van der Waals surface area contributed by atoms with E-state index < -0.39 is 11.7 Å². The molecule has 3 rings (SSSR count). The third-order valence-corrected chi connectivity index (χ3v) is 4.92. The van der Waals surface area contributed by atoms with E-state index in [-0.39, 0.29) is 0 Å². The van der Waals surface area contributed by atoms with Crippen molar-refractivity contribution in [2.24, 2.45) is 0 Å². The summed E-state index contributed by atoms with van der Waals surface area (Å²) in [6.07, 6.45) is -2.06. The number of likely N-dealkylation sites (tertiary alicyclic amines) is 1. The minimum absolute atomic E-state index is 0.597. The Hall–Kier alpha value is -1.86. The second-order valence-electron chi connectivity index (χ2n) is 6.84. The zero-order chi connectivity index (χ0) is 18.7. The normalized spacial score (nSPS) is 17.0. The fourth-order valence-corrected chi connectivity index (χ4v) is 3.40. The molecule has 0 spiro atoms. The van der Waals surface area contributed by atoms with Gasteiger partial charge in [0.05, 0.1) is 11.3 Å². The second-order valence-corrected chi connectivity index (χ2v) is 6.84. The fraction of sp³-hybridized carbons (Fsp3) is 0.526. The number of aromatic amines is 1. The highest BCUT2D eigenvalue weighted by atomic mass is 19.4. The lowest BCUT2D eigenvalue weighted by atomic mass is 10.0. The molecule has 0 saturated carbocycles. The Morgan fingerprint density at radius 3 is 2.42 bits per heavy atom. The number of benzene rings is 1. The van der Waals surface area contributed by atoms with E-state index in [0.29, 0.717) is 17.4 Å². The van der Waals surface area contributed by atoms with Crippen molar-refractivity contribution in [3.8, 4) is 11.4 Å². The summed E-state index contributed by atoms with van der Waals surface area (Å²) in [4.78, 5) is 10.2. The van der Waals surface area contributed by atoms with Crippen LogP contribution in [0.5, 0.6) is 0 Å². The lowest BCUT2D eigenvalue weighted by Crippen LogP contribution is -2.42. The average molecular weight is 366 g/mol. The van der Waals surface area contributed by atoms with Crippen molar-refractivity contribution >= 4 is 0 Å². The Balaban J connectivity index is 1.66. The molecule has 4 nitrogen and oxygen atoms in total. The number of nitrogens with one attached hydrogen (secondary N) is 2. The Morgan fingerprint density at radius 1 is 1.19 bits per heavy atom. The van der Waals surface area contributed by atoms with Crippen LogP contribution in [0.2, 0.25) is 0 Å². The summed E-state index contributed by atoms with van der Waals surface area (Å²) < 4.78 is 38.1. The van der Waals surface area contributed by atoms with E-state index in [0.717, 1.165) is 62.5 Å². The number of aromatic nitrogens is 2. The minimum Gasteiger partial charge on any atom is -0.342 e. The molecule has 0 amide bonds. The summed E-state index contributed by atoms with van der Waals surface area (Å²) in [5, 5.41) is 3.49. The van der Waals surface area contributed by atoms with Gasteiger partial charge >= 0.3 is 6.18 Å². The highest BCUT2D eigenvalue weighted by Gasteiger charge is 2.30. The van der Waals surface area contributed by atoms with Gasteiger partial charge in [0.25, 0.3) is 0 Å². The standard InChI is InChI=1S/C19H25F3N4/c1-3-23-16-8-10-26(11-9-16)12-17-13(2)24-18(25-17)14-4-6-15(7-5-14)19(20,21)22/h4-7,16,23H,3,8-12H2,1-2H3,(H,24,25). The molecule has 2 heterocycles. The Morgan fingerprint density at radius 2 is 1.85 bits per heavy atom. The molecule has 1 aliphatic heterocycles. The zero-order valence-corrected chi connectivity index (χ0v) is 15.2. The molecule has 2 N–H and O–H groups in total. The number of piperidine rings is 1. The van der Waals surface area contributed by atoms with Gasteiger partial charge in [-0.25, -0.2) is 4.98 Å². The Bertz CT molecular complexity index is 713. The van der Waals surface area contributed by atoms with Gasteiger partial charge in [-0.15, -0.1) is 0 Å². The number of aryl methyl sites for hydroxylation is 1. The van der Waals surface area contributed by atoms with Crippen molar-refractivity contribution in [2.45, 2.75) is 45.5 Å². The van der Waals surface area contributed by atoms with Crippen LogP contribution in [0.3, 0.4) is 0 Å². The lowest BCUT2D eigenvalue weighted by molar-refractivity contribution is -0.137. The number of hydrogen-bond acceptors (Lipinski definition) is 3. The number of nitrogens with zero attached hydrogens (tertiary/aromatic N) is 2. The maximum atomic E-state index is 12.7. The molecule has 0 unspecified atom stereocenters. The number of imidazole rings is 1. The lowest BCUT2D eigenvalue weighted by Gasteiger charge is -2.31. The van der Waals surface area contributed by atoms with Gasteiger partial charge in [-0.3, -0.25) is 4.90 Å². The van der Waals surface area contributed by atoms with E-state index in [4.69, 9.17) is 0 Å². The molecule has 26 heavy (non-hydrogen) atoms. The predicted octanol–water partition coefficient (Wildman–Crippen LogP) is 3.98. The second kappa shape index (κ2) is 7.80. The number of hydrogen-bond donors (Lipinski definition) is 2. The summed E-state index contributed by atoms with van der Waals surface area (Å²) in [5.41, 5.74) is 1.95. The molecule has 1 aliphatic rings. The number of rotatable bonds is 5. The molecule has 1 saturated heterocycles. The van der Waals surface area contributed by atoms with Crippen molar-refractivity contribution < 1.29 is 13.2 Å². The maximum absolute atomic E-state index is 12.7. The number of halogens is 3. The van der Waals surface area contributed by atoms with E-state index in [1.54, 1.807) is 0 Å². The van der Waals surface area contributed by atoms with Crippen molar-refractivity contribution in [2.75, 3.05) is 19.6 Å². The molecule has 1 fully saturated rings. The Kier molecular flexibility index (Phi) is 5.67. The molecule has 142 valence electrons. The van der Waals surface area contributed by atoms with Crippen molar-refractivity contribution in [1.29, 1.82) is 0 Å². The van der Waals surface area contributed by atoms with Gasteiger partial charge in [0, 0.05) is 36.9 Å². The summed E-state index contributed by atoms with van der Waals surface area (Å²) in [6, 6.07) is 5.72. The molecule has 0 bridgehead atoms. The minimum atomic E-state index is -4.32. The van der Waals surface area contributed by atoms with E-state index in [1.165, 1.54) is 12.1 Å². The SMILES string of the molecule is CCNC1CCN(Cc2nc(-c3ccc(C(F)(F)F)cc3)[nH]c2C)CC1. The molecule has 1 aromatic heterocycles. The first-order valence-corrected chi connectivity index (χ1v) is 9.05. The molecule has 7 heteroatoms. The third kappa shape index (κ3) is 4.45. The van der Waals surface area contributed by atoms with Crippen LogP contribution in [0.4, 0.5) is 13.2 Å². The van der Waals surface area contributed by atoms with Crippen LogP contribution >= 0.6 is 0 Å². The monoisotopic (exact) mass is 366 g/mol. The van der Waals surface area contributed by atoms with Crippen molar-refractivity contribution in [3.63, 3.8) is 0 Å². The summed E-state index contributed by atoms with van der Waals surface area (Å²) in [7, 11) is 0. The Labute approximate surface area is 151 Å². The van der Waals surface area contributed by atoms with Crippen molar-refractivity contribution in [1.82, 2.24) is 20.2 Å². The highest BCUT2D eigenvalue weighted by molar-refractivity contribution is 5.56. The van der Waals surface area contributed by atoms with Crippen LogP contribution in [-0.4, -0.2) is 40.5 Å². The van der Waals surface area contributed by atoms with Gasteiger partial charge in [0.1, 0.15) is 5.82 Å². The quantitative estimate of drug-likeness (QED) is 0.841. The van der Waals surface area contributed by atoms with E-state index in [1.807, 2.05) is 6.92 Å². The van der Waals surface area contributed by atoms with E-state index in [9.17, 15) is 13.2 Å². The molecule has 2 aromatic rings. The van der Waals surface area contributed by atoms with Gasteiger partial charge in [-0.1, -0.05) is 19.1 Å². The van der Waals surface area contributed by atoms with Gasteiger partial charge < -0.3 is 10.3 Å². The van der Waals surface area contributed by atoms with Crippen LogP contribution in [0, 0.1) is 6.92 Å². The van der Waals surface area contributed by atoms with Gasteiger partial charge in [-0.2, -0.15) is 13.2 Å². The van der Waals surface area contributed by atoms with E-state index >= 15 is 0 Å². The largest absolute Gasteiger partial charge is 0.416 e. The molecule has 1 aromatic carbocycles. The topological polar surface area (TPSA) is 44.0 Å². The van der Waals surface area contributed by atoms with Gasteiger partial charge in [0.2, 0.25) is 0 Å². The van der Waals surface area contributed by atoms with E-state index in [2.05, 4.69) is 27.1 Å². The molecule has 0 atom stereocenters. The first-order valence-electron chi connectivity index (χ1n) is 9.05. The zero-order valence-electron chi connectivity index (χ0n) is 15.2. The molecular weight excluding hydrogens is 341 g/mol. The molecular formula is C19H25F3N4. The number of alkyl halides is 3. The predicted molar refractivity (Wildman–Crippen MR) is 95.7 cm³/mol. The first-order chi connectivity index (χ1) is 12.4. The molecule has 0 aliphatic carbocycles. The van der Waals surface area contributed by atoms with Gasteiger partial charge in [0.15, 0.2) is 0 Å². The maximum Gasteiger partial charge on any atom is 0.416 e. The smallest absolute Gasteiger partial charge is 0.342 e. The summed E-state index contributed by atoms with van der Waals surface area (Å²) in [6.45, 7) is 7.91. The third-order valence-electron chi connectivity index (χ3n) is 4.92. The van der Waals surface area contributed by atoms with Crippen LogP contribution < -0.4 is 5.32 Å². The average Bonchev–Trinajstić information content (AvgIpc) is 2.97. The summed E-state index contributed by atoms with van der Waals surface area (Å²) in [5.74, 6) is 0.619. The van der Waals surface area contributed by atoms with Crippen LogP contribution in [0.15, 0.2) is 24.3 Å². The van der Waals surface area contributed by atoms with Crippen molar-refractivity contribution in [3.05, 3.63) is 41.2 Å². The molecule has 0 radical (unpaired) electrons.